The number of aromatic nitrogens is 1. The Morgan fingerprint density at radius 3 is 2.87 bits per heavy atom. The third-order valence-electron chi connectivity index (χ3n) is 5.71. The van der Waals surface area contributed by atoms with E-state index in [1.807, 2.05) is 11.8 Å². The molecule has 2 aromatic rings. The molecule has 2 aliphatic rings. The largest absolute Gasteiger partial charge is 0.477 e. The molecular formula is C20H24ClF2N3O3S. The van der Waals surface area contributed by atoms with Gasteiger partial charge in [-0.25, -0.2) is 13.6 Å². The summed E-state index contributed by atoms with van der Waals surface area (Å²) in [4.78, 5) is 26.8. The number of nitrogens with zero attached hydrogens (tertiary/aromatic N) is 2. The van der Waals surface area contributed by atoms with Gasteiger partial charge in [0.1, 0.15) is 18.1 Å². The number of thioether (sulfide) groups is 1. The van der Waals surface area contributed by atoms with Crippen molar-refractivity contribution in [2.75, 3.05) is 43.5 Å². The predicted octanol–water partition coefficient (Wildman–Crippen LogP) is 3.31. The van der Waals surface area contributed by atoms with E-state index in [2.05, 4.69) is 5.32 Å². The van der Waals surface area contributed by atoms with Crippen molar-refractivity contribution in [1.29, 1.82) is 0 Å². The molecular weight excluding hydrogens is 436 g/mol. The second-order valence-electron chi connectivity index (χ2n) is 7.54. The second kappa shape index (κ2) is 9.11. The van der Waals surface area contributed by atoms with Crippen LogP contribution in [0.5, 0.6) is 0 Å². The lowest BCUT2D eigenvalue weighted by Gasteiger charge is -2.31. The van der Waals surface area contributed by atoms with Crippen LogP contribution in [0, 0.1) is 11.7 Å². The van der Waals surface area contributed by atoms with Crippen molar-refractivity contribution in [1.82, 2.24) is 9.88 Å². The quantitative estimate of drug-likeness (QED) is 0.690. The molecule has 1 aromatic heterocycles. The summed E-state index contributed by atoms with van der Waals surface area (Å²) in [6.07, 6.45) is 2.15. The average Bonchev–Trinajstić information content (AvgIpc) is 3.16. The number of carboxylic acids is 1. The number of pyridine rings is 1. The van der Waals surface area contributed by atoms with Crippen LogP contribution in [0.25, 0.3) is 10.9 Å². The molecule has 0 saturated carbocycles. The van der Waals surface area contributed by atoms with Gasteiger partial charge in [-0.2, -0.15) is 0 Å². The number of anilines is 1. The average molecular weight is 460 g/mol. The summed E-state index contributed by atoms with van der Waals surface area (Å²) in [5, 5.41) is 12.7. The molecule has 0 spiro atoms. The van der Waals surface area contributed by atoms with Gasteiger partial charge in [0.25, 0.3) is 0 Å². The molecule has 1 saturated heterocycles. The SMILES string of the molecule is CCNCC1CCN(c2c(F)cc3c(=O)c(C(=O)O)cn4c3c2SCC4CF)C1.Cl. The minimum absolute atomic E-state index is 0. The number of hydrogen-bond acceptors (Lipinski definition) is 5. The number of alkyl halides is 1. The number of rotatable bonds is 6. The fraction of sp³-hybridized carbons (Fsp3) is 0.500. The molecule has 1 aromatic carbocycles. The van der Waals surface area contributed by atoms with Crippen molar-refractivity contribution >= 4 is 46.7 Å². The summed E-state index contributed by atoms with van der Waals surface area (Å²) in [7, 11) is 0. The number of aromatic carboxylic acids is 1. The van der Waals surface area contributed by atoms with Crippen LogP contribution in [-0.4, -0.2) is 54.2 Å². The van der Waals surface area contributed by atoms with E-state index in [1.165, 1.54) is 22.5 Å². The summed E-state index contributed by atoms with van der Waals surface area (Å²) < 4.78 is 30.4. The third-order valence-corrected chi connectivity index (χ3v) is 6.93. The molecule has 30 heavy (non-hydrogen) atoms. The second-order valence-corrected chi connectivity index (χ2v) is 8.57. The summed E-state index contributed by atoms with van der Waals surface area (Å²) in [5.74, 6) is -1.17. The van der Waals surface area contributed by atoms with Crippen LogP contribution in [0.3, 0.4) is 0 Å². The number of benzene rings is 1. The minimum atomic E-state index is -1.40. The van der Waals surface area contributed by atoms with Crippen molar-refractivity contribution in [2.24, 2.45) is 5.92 Å². The number of nitrogens with one attached hydrogen (secondary N) is 1. The summed E-state index contributed by atoms with van der Waals surface area (Å²) in [6, 6.07) is 0.533. The molecule has 3 heterocycles. The molecule has 164 valence electrons. The van der Waals surface area contributed by atoms with Crippen LogP contribution >= 0.6 is 24.2 Å². The number of carboxylic acid groups (broad SMARTS) is 1. The Morgan fingerprint density at radius 2 is 2.20 bits per heavy atom. The zero-order valence-electron chi connectivity index (χ0n) is 16.5. The Hall–Kier alpha value is -1.84. The molecule has 0 radical (unpaired) electrons. The summed E-state index contributed by atoms with van der Waals surface area (Å²) in [5.41, 5.74) is -0.324. The lowest BCUT2D eigenvalue weighted by Crippen LogP contribution is -2.29. The third kappa shape index (κ3) is 3.78. The van der Waals surface area contributed by atoms with E-state index < -0.39 is 35.5 Å². The fourth-order valence-corrected chi connectivity index (χ4v) is 5.57. The molecule has 2 N–H and O–H groups in total. The highest BCUT2D eigenvalue weighted by atomic mass is 35.5. The van der Waals surface area contributed by atoms with Gasteiger partial charge in [0.2, 0.25) is 5.43 Å². The first-order valence-electron chi connectivity index (χ1n) is 9.75. The minimum Gasteiger partial charge on any atom is -0.477 e. The molecule has 0 aliphatic carbocycles. The van der Waals surface area contributed by atoms with Gasteiger partial charge in [0.05, 0.1) is 27.5 Å². The van der Waals surface area contributed by atoms with Gasteiger partial charge >= 0.3 is 5.97 Å². The van der Waals surface area contributed by atoms with Gasteiger partial charge < -0.3 is 19.9 Å². The van der Waals surface area contributed by atoms with Crippen molar-refractivity contribution < 1.29 is 18.7 Å². The Balaban J connectivity index is 0.00000256. The van der Waals surface area contributed by atoms with Crippen LogP contribution in [0.15, 0.2) is 22.0 Å². The maximum Gasteiger partial charge on any atom is 0.341 e. The Morgan fingerprint density at radius 1 is 1.43 bits per heavy atom. The number of halogens is 3. The molecule has 4 rings (SSSR count). The van der Waals surface area contributed by atoms with E-state index in [1.54, 1.807) is 0 Å². The maximum absolute atomic E-state index is 15.2. The first kappa shape index (κ1) is 22.8. The van der Waals surface area contributed by atoms with Crippen LogP contribution in [-0.2, 0) is 0 Å². The van der Waals surface area contributed by atoms with Gasteiger partial charge in [0.15, 0.2) is 0 Å². The lowest BCUT2D eigenvalue weighted by molar-refractivity contribution is 0.0694. The van der Waals surface area contributed by atoms with Crippen LogP contribution in [0.1, 0.15) is 29.7 Å². The standard InChI is InChI=1S/C20H23F2N3O3S.ClH/c1-2-23-7-11-3-4-24(8-11)17-15(22)5-13-16-19(17)29-10-12(6-21)25(16)9-14(18(13)26)20(27)28;/h5,9,11-12,23H,2-4,6-8,10H2,1H3,(H,27,28);1H. The van der Waals surface area contributed by atoms with E-state index in [-0.39, 0.29) is 17.8 Å². The van der Waals surface area contributed by atoms with Crippen LogP contribution in [0.4, 0.5) is 14.5 Å². The van der Waals surface area contributed by atoms with E-state index >= 15 is 4.39 Å². The molecule has 2 aliphatic heterocycles. The molecule has 1 fully saturated rings. The molecule has 2 atom stereocenters. The van der Waals surface area contributed by atoms with Gasteiger partial charge in [-0.05, 0) is 31.5 Å². The number of hydrogen-bond donors (Lipinski definition) is 2. The summed E-state index contributed by atoms with van der Waals surface area (Å²) >= 11 is 1.34. The Kier molecular flexibility index (Phi) is 6.94. The van der Waals surface area contributed by atoms with Gasteiger partial charge in [-0.15, -0.1) is 24.2 Å². The Bertz CT molecular complexity index is 1030. The van der Waals surface area contributed by atoms with Gasteiger partial charge in [-0.3, -0.25) is 4.79 Å². The van der Waals surface area contributed by atoms with E-state index in [0.717, 1.165) is 25.6 Å². The zero-order valence-corrected chi connectivity index (χ0v) is 18.1. The lowest BCUT2D eigenvalue weighted by atomic mass is 10.1. The highest BCUT2D eigenvalue weighted by molar-refractivity contribution is 7.99. The number of carbonyl (C=O) groups is 1. The first-order valence-corrected chi connectivity index (χ1v) is 10.7. The monoisotopic (exact) mass is 459 g/mol. The van der Waals surface area contributed by atoms with E-state index in [4.69, 9.17) is 0 Å². The summed E-state index contributed by atoms with van der Waals surface area (Å²) in [6.45, 7) is 4.50. The highest BCUT2D eigenvalue weighted by Gasteiger charge is 2.33. The van der Waals surface area contributed by atoms with Crippen LogP contribution in [0.2, 0.25) is 0 Å². The molecule has 0 bridgehead atoms. The molecule has 0 amide bonds. The Labute approximate surface area is 183 Å². The van der Waals surface area contributed by atoms with Crippen molar-refractivity contribution in [3.63, 3.8) is 0 Å². The topological polar surface area (TPSA) is 74.6 Å². The molecule has 10 heteroatoms. The predicted molar refractivity (Wildman–Crippen MR) is 117 cm³/mol. The molecule has 2 unspecified atom stereocenters. The normalized spacial score (nSPS) is 20.4. The maximum atomic E-state index is 15.2. The van der Waals surface area contributed by atoms with Gasteiger partial charge in [-0.1, -0.05) is 6.92 Å². The highest BCUT2D eigenvalue weighted by Crippen LogP contribution is 2.45. The van der Waals surface area contributed by atoms with E-state index in [0.29, 0.717) is 40.9 Å². The van der Waals surface area contributed by atoms with Crippen molar-refractivity contribution in [2.45, 2.75) is 24.3 Å². The van der Waals surface area contributed by atoms with E-state index in [9.17, 15) is 19.1 Å². The van der Waals surface area contributed by atoms with Crippen molar-refractivity contribution in [3.8, 4) is 0 Å². The fourth-order valence-electron chi connectivity index (χ4n) is 4.24. The van der Waals surface area contributed by atoms with Crippen LogP contribution < -0.4 is 15.6 Å². The smallest absolute Gasteiger partial charge is 0.341 e. The van der Waals surface area contributed by atoms with Crippen molar-refractivity contribution in [3.05, 3.63) is 33.9 Å². The first-order chi connectivity index (χ1) is 14.0. The zero-order chi connectivity index (χ0) is 20.7. The molecule has 6 nitrogen and oxygen atoms in total. The van der Waals surface area contributed by atoms with Gasteiger partial charge in [0, 0.05) is 25.0 Å².